The highest BCUT2D eigenvalue weighted by Crippen LogP contribution is 2.15. The molecule has 0 atom stereocenters. The summed E-state index contributed by atoms with van der Waals surface area (Å²) in [6.07, 6.45) is 0. The number of nitrogens with two attached hydrogens (primary N) is 2. The van der Waals surface area contributed by atoms with Crippen LogP contribution in [0.1, 0.15) is 13.8 Å². The Bertz CT molecular complexity index is 537. The third-order valence-corrected chi connectivity index (χ3v) is 4.01. The second-order valence-corrected chi connectivity index (χ2v) is 5.95. The van der Waals surface area contributed by atoms with Gasteiger partial charge in [0.2, 0.25) is 15.9 Å². The Hall–Kier alpha value is -1.64. The zero-order valence-electron chi connectivity index (χ0n) is 10.1. The molecule has 1 amide bonds. The van der Waals surface area contributed by atoms with E-state index in [1.807, 2.05) is 0 Å². The van der Waals surface area contributed by atoms with Crippen LogP contribution in [0.4, 0.5) is 5.69 Å². The molecular formula is C10H16N4O3S. The van der Waals surface area contributed by atoms with Crippen molar-refractivity contribution in [3.05, 3.63) is 24.3 Å². The number of benzene rings is 1. The summed E-state index contributed by atoms with van der Waals surface area (Å²) in [5.41, 5.74) is 6.71. The number of sulfonamides is 1. The molecule has 0 unspecified atom stereocenters. The molecule has 1 aromatic carbocycles. The van der Waals surface area contributed by atoms with Gasteiger partial charge in [0.15, 0.2) is 0 Å². The second-order valence-electron chi connectivity index (χ2n) is 4.26. The number of hydrogen-bond acceptors (Lipinski definition) is 5. The molecule has 1 aromatic rings. The average molecular weight is 272 g/mol. The predicted octanol–water partition coefficient (Wildman–Crippen LogP) is -0.486. The van der Waals surface area contributed by atoms with Gasteiger partial charge in [0.1, 0.15) is 5.54 Å². The van der Waals surface area contributed by atoms with Crippen molar-refractivity contribution in [2.45, 2.75) is 24.3 Å². The van der Waals surface area contributed by atoms with Gasteiger partial charge in [-0.1, -0.05) is 0 Å². The maximum atomic E-state index is 12.0. The molecule has 0 heterocycles. The van der Waals surface area contributed by atoms with Crippen molar-refractivity contribution in [3.63, 3.8) is 0 Å². The Kier molecular flexibility index (Phi) is 3.95. The zero-order valence-corrected chi connectivity index (χ0v) is 10.9. The van der Waals surface area contributed by atoms with Crippen molar-refractivity contribution in [2.24, 2.45) is 11.6 Å². The van der Waals surface area contributed by atoms with Gasteiger partial charge in [-0.25, -0.2) is 8.42 Å². The minimum absolute atomic E-state index is 0.0239. The molecule has 0 saturated heterocycles. The lowest BCUT2D eigenvalue weighted by Crippen LogP contribution is -2.52. The summed E-state index contributed by atoms with van der Waals surface area (Å²) in [7, 11) is -3.81. The molecule has 100 valence electrons. The predicted molar refractivity (Wildman–Crippen MR) is 67.8 cm³/mol. The minimum atomic E-state index is -3.81. The Morgan fingerprint density at radius 3 is 2.11 bits per heavy atom. The highest BCUT2D eigenvalue weighted by atomic mass is 32.2. The largest absolute Gasteiger partial charge is 0.368 e. The van der Waals surface area contributed by atoms with Crippen LogP contribution in [-0.2, 0) is 14.8 Å². The number of anilines is 1. The van der Waals surface area contributed by atoms with Crippen LogP contribution >= 0.6 is 0 Å². The molecule has 8 heteroatoms. The third-order valence-electron chi connectivity index (χ3n) is 2.34. The minimum Gasteiger partial charge on any atom is -0.368 e. The first kappa shape index (κ1) is 14.4. The van der Waals surface area contributed by atoms with Gasteiger partial charge in [-0.15, -0.1) is 0 Å². The van der Waals surface area contributed by atoms with Crippen LogP contribution in [0.25, 0.3) is 0 Å². The average Bonchev–Trinajstić information content (AvgIpc) is 2.27. The van der Waals surface area contributed by atoms with E-state index in [1.165, 1.54) is 38.1 Å². The van der Waals surface area contributed by atoms with Crippen molar-refractivity contribution in [1.82, 2.24) is 4.72 Å². The molecule has 18 heavy (non-hydrogen) atoms. The Balaban J connectivity index is 3.03. The monoisotopic (exact) mass is 272 g/mol. The fraction of sp³-hybridized carbons (Fsp3) is 0.300. The first-order chi connectivity index (χ1) is 8.19. The van der Waals surface area contributed by atoms with Gasteiger partial charge in [-0.05, 0) is 38.1 Å². The van der Waals surface area contributed by atoms with Crippen molar-refractivity contribution in [1.29, 1.82) is 0 Å². The van der Waals surface area contributed by atoms with Crippen LogP contribution in [0.3, 0.4) is 0 Å². The van der Waals surface area contributed by atoms with Gasteiger partial charge in [-0.2, -0.15) is 4.72 Å². The zero-order chi connectivity index (χ0) is 14.0. The van der Waals surface area contributed by atoms with Crippen molar-refractivity contribution < 1.29 is 13.2 Å². The summed E-state index contributed by atoms with van der Waals surface area (Å²) < 4.78 is 26.2. The number of hydrazine groups is 1. The number of amides is 1. The molecule has 0 aliphatic rings. The van der Waals surface area contributed by atoms with Crippen LogP contribution in [-0.4, -0.2) is 19.9 Å². The number of hydrogen-bond donors (Lipinski definition) is 4. The Morgan fingerprint density at radius 2 is 1.72 bits per heavy atom. The molecule has 0 bridgehead atoms. The number of carbonyl (C=O) groups excluding carboxylic acids is 1. The van der Waals surface area contributed by atoms with Crippen LogP contribution in [0, 0.1) is 0 Å². The van der Waals surface area contributed by atoms with Gasteiger partial charge in [0, 0.05) is 5.69 Å². The Labute approximate surface area is 106 Å². The van der Waals surface area contributed by atoms with E-state index in [1.54, 1.807) is 0 Å². The normalized spacial score (nSPS) is 12.2. The molecule has 0 fully saturated rings. The number of primary amides is 1. The summed E-state index contributed by atoms with van der Waals surface area (Å²) >= 11 is 0. The van der Waals surface area contributed by atoms with E-state index in [0.717, 1.165) is 0 Å². The first-order valence-corrected chi connectivity index (χ1v) is 6.58. The molecule has 0 saturated carbocycles. The molecule has 0 spiro atoms. The standard InChI is InChI=1S/C10H16N4O3S/c1-10(2,9(11)15)14-18(16,17)8-5-3-7(13-12)4-6-8/h3-6,13-14H,12H2,1-2H3,(H2,11,15). The first-order valence-electron chi connectivity index (χ1n) is 5.09. The fourth-order valence-corrected chi connectivity index (χ4v) is 2.56. The highest BCUT2D eigenvalue weighted by molar-refractivity contribution is 7.89. The lowest BCUT2D eigenvalue weighted by Gasteiger charge is -2.22. The van der Waals surface area contributed by atoms with Crippen molar-refractivity contribution in [3.8, 4) is 0 Å². The van der Waals surface area contributed by atoms with Crippen LogP contribution < -0.4 is 21.7 Å². The summed E-state index contributed by atoms with van der Waals surface area (Å²) in [5.74, 6) is 4.42. The molecule has 0 aliphatic carbocycles. The summed E-state index contributed by atoms with van der Waals surface area (Å²) in [4.78, 5) is 11.1. The molecule has 1 rings (SSSR count). The highest BCUT2D eigenvalue weighted by Gasteiger charge is 2.31. The topological polar surface area (TPSA) is 127 Å². The smallest absolute Gasteiger partial charge is 0.241 e. The van der Waals surface area contributed by atoms with Crippen molar-refractivity contribution in [2.75, 3.05) is 5.43 Å². The van der Waals surface area contributed by atoms with E-state index in [0.29, 0.717) is 5.69 Å². The van der Waals surface area contributed by atoms with Gasteiger partial charge in [-0.3, -0.25) is 10.6 Å². The van der Waals surface area contributed by atoms with Gasteiger partial charge >= 0.3 is 0 Å². The van der Waals surface area contributed by atoms with Crippen LogP contribution in [0.2, 0.25) is 0 Å². The third kappa shape index (κ3) is 3.19. The van der Waals surface area contributed by atoms with Gasteiger partial charge < -0.3 is 11.2 Å². The fourth-order valence-electron chi connectivity index (χ4n) is 1.18. The van der Waals surface area contributed by atoms with E-state index in [2.05, 4.69) is 10.1 Å². The second kappa shape index (κ2) is 4.92. The van der Waals surface area contributed by atoms with Crippen LogP contribution in [0.15, 0.2) is 29.2 Å². The van der Waals surface area contributed by atoms with E-state index < -0.39 is 21.5 Å². The SMILES string of the molecule is CC(C)(NS(=O)(=O)c1ccc(NN)cc1)C(N)=O. The lowest BCUT2D eigenvalue weighted by molar-refractivity contribution is -0.122. The van der Waals surface area contributed by atoms with E-state index >= 15 is 0 Å². The van der Waals surface area contributed by atoms with Gasteiger partial charge in [0.05, 0.1) is 4.90 Å². The summed E-state index contributed by atoms with van der Waals surface area (Å²) in [6.45, 7) is 2.78. The number of nitrogens with one attached hydrogen (secondary N) is 2. The molecule has 6 N–H and O–H groups in total. The van der Waals surface area contributed by atoms with E-state index in [4.69, 9.17) is 11.6 Å². The van der Waals surface area contributed by atoms with E-state index in [-0.39, 0.29) is 4.90 Å². The quantitative estimate of drug-likeness (QED) is 0.425. The molecule has 0 aromatic heterocycles. The number of carbonyl (C=O) groups is 1. The van der Waals surface area contributed by atoms with E-state index in [9.17, 15) is 13.2 Å². The molecular weight excluding hydrogens is 256 g/mol. The van der Waals surface area contributed by atoms with Crippen LogP contribution in [0.5, 0.6) is 0 Å². The number of nitrogen functional groups attached to an aromatic ring is 1. The van der Waals surface area contributed by atoms with Crippen molar-refractivity contribution >= 4 is 21.6 Å². The summed E-state index contributed by atoms with van der Waals surface area (Å²) in [6, 6.07) is 5.75. The maximum Gasteiger partial charge on any atom is 0.241 e. The molecule has 7 nitrogen and oxygen atoms in total. The molecule has 0 radical (unpaired) electrons. The lowest BCUT2D eigenvalue weighted by atomic mass is 10.1. The maximum absolute atomic E-state index is 12.0. The summed E-state index contributed by atoms with van der Waals surface area (Å²) in [5, 5.41) is 0. The van der Waals surface area contributed by atoms with Gasteiger partial charge in [0.25, 0.3) is 0 Å². The number of rotatable bonds is 5. The Morgan fingerprint density at radius 1 is 1.22 bits per heavy atom. The molecule has 0 aliphatic heterocycles.